The van der Waals surface area contributed by atoms with Crippen LogP contribution in [0.5, 0.6) is 0 Å². The molecule has 1 unspecified atom stereocenters. The van der Waals surface area contributed by atoms with Gasteiger partial charge in [-0.05, 0) is 12.2 Å². The molecule has 2 aliphatic heterocycles. The smallest absolute Gasteiger partial charge is 0.261 e. The van der Waals surface area contributed by atoms with Crippen molar-refractivity contribution < 1.29 is 4.74 Å². The third-order valence-electron chi connectivity index (χ3n) is 1.57. The number of allylic oxidation sites excluding steroid dienone is 2. The van der Waals surface area contributed by atoms with Crippen molar-refractivity contribution in [2.75, 3.05) is 0 Å². The van der Waals surface area contributed by atoms with Crippen LogP contribution in [0, 0.1) is 0 Å². The predicted octanol–water partition coefficient (Wildman–Crippen LogP) is 0.486. The van der Waals surface area contributed by atoms with Crippen molar-refractivity contribution in [3.63, 3.8) is 0 Å². The van der Waals surface area contributed by atoms with Crippen molar-refractivity contribution in [2.24, 2.45) is 5.73 Å². The van der Waals surface area contributed by atoms with Gasteiger partial charge in [-0.25, -0.2) is 0 Å². The van der Waals surface area contributed by atoms with E-state index in [0.717, 1.165) is 0 Å². The minimum Gasteiger partial charge on any atom is -0.457 e. The molecule has 2 heterocycles. The summed E-state index contributed by atoms with van der Waals surface area (Å²) in [7, 11) is 0. The molecule has 2 aliphatic rings. The molecule has 0 spiro atoms. The van der Waals surface area contributed by atoms with Gasteiger partial charge in [0, 0.05) is 12.4 Å². The predicted molar refractivity (Wildman–Crippen MR) is 37.3 cm³/mol. The average molecular weight is 136 g/mol. The van der Waals surface area contributed by atoms with Crippen molar-refractivity contribution >= 4 is 0 Å². The number of hydrogen-bond donors (Lipinski definition) is 1. The highest BCUT2D eigenvalue weighted by atomic mass is 16.5. The highest BCUT2D eigenvalue weighted by Gasteiger charge is 2.32. The van der Waals surface area contributed by atoms with E-state index in [1.165, 1.54) is 0 Å². The monoisotopic (exact) mass is 136 g/mol. The van der Waals surface area contributed by atoms with Gasteiger partial charge in [-0.1, -0.05) is 6.08 Å². The minimum atomic E-state index is -0.755. The maximum absolute atomic E-state index is 5.77. The summed E-state index contributed by atoms with van der Waals surface area (Å²) in [5.74, 6) is -0.755. The second kappa shape index (κ2) is 1.64. The van der Waals surface area contributed by atoms with Crippen molar-refractivity contribution in [1.82, 2.24) is 4.90 Å². The summed E-state index contributed by atoms with van der Waals surface area (Å²) in [5, 5.41) is 0. The molecule has 0 aromatic rings. The maximum Gasteiger partial charge on any atom is 0.261 e. The van der Waals surface area contributed by atoms with Crippen molar-refractivity contribution in [1.29, 1.82) is 0 Å². The van der Waals surface area contributed by atoms with E-state index in [2.05, 4.69) is 0 Å². The lowest BCUT2D eigenvalue weighted by atomic mass is 10.3. The molecule has 0 saturated carbocycles. The van der Waals surface area contributed by atoms with Crippen molar-refractivity contribution in [2.45, 2.75) is 5.85 Å². The van der Waals surface area contributed by atoms with Crippen LogP contribution in [0.3, 0.4) is 0 Å². The van der Waals surface area contributed by atoms with Crippen LogP contribution in [0.15, 0.2) is 36.9 Å². The molecule has 0 saturated heterocycles. The Balaban J connectivity index is 2.35. The second-order valence-corrected chi connectivity index (χ2v) is 2.26. The van der Waals surface area contributed by atoms with Crippen LogP contribution in [0.4, 0.5) is 0 Å². The van der Waals surface area contributed by atoms with Crippen molar-refractivity contribution in [3.8, 4) is 0 Å². The lowest BCUT2D eigenvalue weighted by molar-refractivity contribution is 0.00910. The lowest BCUT2D eigenvalue weighted by Gasteiger charge is -2.30. The van der Waals surface area contributed by atoms with Gasteiger partial charge in [0.2, 0.25) is 0 Å². The van der Waals surface area contributed by atoms with Crippen LogP contribution >= 0.6 is 0 Å². The summed E-state index contributed by atoms with van der Waals surface area (Å²) in [4.78, 5) is 1.80. The van der Waals surface area contributed by atoms with Gasteiger partial charge in [-0.2, -0.15) is 0 Å². The zero-order valence-electron chi connectivity index (χ0n) is 5.40. The molecule has 0 aliphatic carbocycles. The Labute approximate surface area is 59.1 Å². The number of ether oxygens (including phenoxy) is 1. The summed E-state index contributed by atoms with van der Waals surface area (Å²) in [5.41, 5.74) is 5.77. The molecule has 10 heavy (non-hydrogen) atoms. The second-order valence-electron chi connectivity index (χ2n) is 2.26. The van der Waals surface area contributed by atoms with E-state index in [0.29, 0.717) is 0 Å². The molecule has 0 bridgehead atoms. The largest absolute Gasteiger partial charge is 0.457 e. The first kappa shape index (κ1) is 5.56. The maximum atomic E-state index is 5.77. The van der Waals surface area contributed by atoms with Crippen molar-refractivity contribution in [3.05, 3.63) is 36.9 Å². The number of hydrogen-bond acceptors (Lipinski definition) is 3. The van der Waals surface area contributed by atoms with Crippen LogP contribution in [-0.2, 0) is 4.74 Å². The Morgan fingerprint density at radius 2 is 2.20 bits per heavy atom. The van der Waals surface area contributed by atoms with Crippen LogP contribution in [0.2, 0.25) is 0 Å². The van der Waals surface area contributed by atoms with E-state index in [1.54, 1.807) is 23.4 Å². The quantitative estimate of drug-likeness (QED) is 0.526. The zero-order chi connectivity index (χ0) is 7.03. The number of rotatable bonds is 0. The van der Waals surface area contributed by atoms with E-state index in [9.17, 15) is 0 Å². The summed E-state index contributed by atoms with van der Waals surface area (Å²) in [6.45, 7) is 0. The van der Waals surface area contributed by atoms with E-state index in [4.69, 9.17) is 10.5 Å². The lowest BCUT2D eigenvalue weighted by Crippen LogP contribution is -2.48. The fraction of sp³-hybridized carbons (Fsp3) is 0.143. The molecule has 2 rings (SSSR count). The van der Waals surface area contributed by atoms with Crippen LogP contribution < -0.4 is 5.73 Å². The average Bonchev–Trinajstić information content (AvgIpc) is 2.29. The van der Waals surface area contributed by atoms with Crippen LogP contribution in [0.1, 0.15) is 0 Å². The first-order valence-electron chi connectivity index (χ1n) is 3.09. The standard InChI is InChI=1S/C7H8N2O/c8-7-3-1-2-4-9(7)5-6-10-7/h1-6H,8H2. The fourth-order valence-corrected chi connectivity index (χ4v) is 1.01. The first-order chi connectivity index (χ1) is 4.81. The van der Waals surface area contributed by atoms with Gasteiger partial charge in [0.25, 0.3) is 5.85 Å². The van der Waals surface area contributed by atoms with Gasteiger partial charge in [-0.3, -0.25) is 10.6 Å². The topological polar surface area (TPSA) is 38.5 Å². The molecule has 3 nitrogen and oxygen atoms in total. The molecule has 2 N–H and O–H groups in total. The first-order valence-corrected chi connectivity index (χ1v) is 3.09. The molecule has 1 atom stereocenters. The molecule has 0 aromatic carbocycles. The van der Waals surface area contributed by atoms with Gasteiger partial charge < -0.3 is 4.74 Å². The van der Waals surface area contributed by atoms with E-state index < -0.39 is 5.85 Å². The number of nitrogens with two attached hydrogens (primary N) is 1. The zero-order valence-corrected chi connectivity index (χ0v) is 5.40. The highest BCUT2D eigenvalue weighted by Crippen LogP contribution is 2.22. The van der Waals surface area contributed by atoms with E-state index in [1.807, 2.05) is 18.4 Å². The van der Waals surface area contributed by atoms with E-state index in [-0.39, 0.29) is 0 Å². The Hall–Kier alpha value is -1.22. The molecular weight excluding hydrogens is 128 g/mol. The summed E-state index contributed by atoms with van der Waals surface area (Å²) < 4.78 is 5.13. The van der Waals surface area contributed by atoms with Gasteiger partial charge in [0.15, 0.2) is 0 Å². The van der Waals surface area contributed by atoms with Crippen LogP contribution in [-0.4, -0.2) is 10.7 Å². The third kappa shape index (κ3) is 0.579. The molecule has 0 aromatic heterocycles. The summed E-state index contributed by atoms with van der Waals surface area (Å²) in [6.07, 6.45) is 10.8. The SMILES string of the molecule is NC12C=CC=CN1C=CO2. The molecule has 0 amide bonds. The van der Waals surface area contributed by atoms with Gasteiger partial charge >= 0.3 is 0 Å². The summed E-state index contributed by atoms with van der Waals surface area (Å²) in [6, 6.07) is 0. The molecular formula is C7H8N2O. The summed E-state index contributed by atoms with van der Waals surface area (Å²) >= 11 is 0. The van der Waals surface area contributed by atoms with E-state index >= 15 is 0 Å². The van der Waals surface area contributed by atoms with Gasteiger partial charge in [0.1, 0.15) is 6.26 Å². The molecule has 0 radical (unpaired) electrons. The molecule has 3 heteroatoms. The normalized spacial score (nSPS) is 34.3. The minimum absolute atomic E-state index is 0.755. The molecule has 0 fully saturated rings. The van der Waals surface area contributed by atoms with Gasteiger partial charge in [-0.15, -0.1) is 0 Å². The van der Waals surface area contributed by atoms with Crippen LogP contribution in [0.25, 0.3) is 0 Å². The third-order valence-corrected chi connectivity index (χ3v) is 1.57. The fourth-order valence-electron chi connectivity index (χ4n) is 1.01. The Kier molecular flexibility index (Phi) is 0.910. The number of nitrogens with zero attached hydrogens (tertiary/aromatic N) is 1. The Morgan fingerprint density at radius 1 is 1.30 bits per heavy atom. The Bertz CT molecular complexity index is 232. The highest BCUT2D eigenvalue weighted by molar-refractivity contribution is 5.20. The number of fused-ring (bicyclic) bond motifs is 1. The Morgan fingerprint density at radius 3 is 3.00 bits per heavy atom. The van der Waals surface area contributed by atoms with Gasteiger partial charge in [0.05, 0.1) is 0 Å². The molecule has 52 valence electrons.